The predicted molar refractivity (Wildman–Crippen MR) is 90.7 cm³/mol. The highest BCUT2D eigenvalue weighted by molar-refractivity contribution is 6.09. The average Bonchev–Trinajstić information content (AvgIpc) is 2.53. The number of ether oxygens (including phenoxy) is 2. The Morgan fingerprint density at radius 2 is 1.92 bits per heavy atom. The van der Waals surface area contributed by atoms with Gasteiger partial charge in [-0.25, -0.2) is 19.0 Å². The van der Waals surface area contributed by atoms with Crippen molar-refractivity contribution in [1.29, 1.82) is 0 Å². The van der Waals surface area contributed by atoms with Crippen molar-refractivity contribution in [3.8, 4) is 17.1 Å². The fourth-order valence-corrected chi connectivity index (χ4v) is 2.05. The number of anilines is 1. The van der Waals surface area contributed by atoms with Gasteiger partial charge < -0.3 is 14.6 Å². The highest BCUT2D eigenvalue weighted by atomic mass is 19.1. The molecule has 9 heteroatoms. The Balaban J connectivity index is 2.47. The number of pyridine rings is 2. The minimum absolute atomic E-state index is 0.123. The lowest BCUT2D eigenvalue weighted by molar-refractivity contribution is 0.0581. The van der Waals surface area contributed by atoms with Crippen molar-refractivity contribution >= 4 is 17.9 Å². The lowest BCUT2D eigenvalue weighted by Gasteiger charge is -2.25. The van der Waals surface area contributed by atoms with Gasteiger partial charge in [0.25, 0.3) is 0 Å². The van der Waals surface area contributed by atoms with E-state index in [4.69, 9.17) is 9.47 Å². The molecule has 8 nitrogen and oxygen atoms in total. The van der Waals surface area contributed by atoms with E-state index in [1.54, 1.807) is 20.8 Å². The van der Waals surface area contributed by atoms with Gasteiger partial charge in [0.15, 0.2) is 0 Å². The van der Waals surface area contributed by atoms with Crippen LogP contribution in [0.25, 0.3) is 11.3 Å². The average molecular weight is 363 g/mol. The number of carbonyl (C=O) groups excluding carboxylic acids is 1. The highest BCUT2D eigenvalue weighted by Crippen LogP contribution is 2.31. The van der Waals surface area contributed by atoms with E-state index in [0.29, 0.717) is 16.2 Å². The number of aromatic nitrogens is 2. The molecular weight excluding hydrogens is 345 g/mol. The Kier molecular flexibility index (Phi) is 5.39. The quantitative estimate of drug-likeness (QED) is 0.887. The first kappa shape index (κ1) is 19.1. The molecule has 0 spiro atoms. The number of methoxy groups -OCH3 is 1. The van der Waals surface area contributed by atoms with Gasteiger partial charge in [0.05, 0.1) is 19.0 Å². The molecule has 0 bridgehead atoms. The number of carbonyl (C=O) groups is 2. The van der Waals surface area contributed by atoms with Crippen molar-refractivity contribution in [3.63, 3.8) is 0 Å². The third-order valence-corrected chi connectivity index (χ3v) is 3.04. The molecule has 2 rings (SSSR count). The molecule has 0 unspecified atom stereocenters. The van der Waals surface area contributed by atoms with E-state index in [9.17, 15) is 19.1 Å². The molecule has 0 fully saturated rings. The molecule has 2 aromatic heterocycles. The maximum Gasteiger partial charge on any atom is 0.424 e. The van der Waals surface area contributed by atoms with Gasteiger partial charge in [-0.3, -0.25) is 4.98 Å². The van der Waals surface area contributed by atoms with Crippen LogP contribution in [0.5, 0.6) is 5.88 Å². The standard InChI is InChI=1S/C17H18FN3O5/c1-17(2,3)26-16(24)21(15(22)23)13-6-5-12(20-14(13)25-4)10-7-11(18)9-19-8-10/h5-9H,1-4H3,(H,22,23). The largest absolute Gasteiger partial charge is 0.479 e. The fraction of sp³-hybridized carbons (Fsp3) is 0.294. The maximum atomic E-state index is 13.3. The predicted octanol–water partition coefficient (Wildman–Crippen LogP) is 3.71. The van der Waals surface area contributed by atoms with Crippen molar-refractivity contribution in [2.24, 2.45) is 0 Å². The summed E-state index contributed by atoms with van der Waals surface area (Å²) in [7, 11) is 1.27. The topological polar surface area (TPSA) is 102 Å². The molecule has 0 radical (unpaired) electrons. The number of amides is 2. The molecular formula is C17H18FN3O5. The molecule has 2 amide bonds. The van der Waals surface area contributed by atoms with Gasteiger partial charge in [-0.1, -0.05) is 0 Å². The Morgan fingerprint density at radius 1 is 1.23 bits per heavy atom. The van der Waals surface area contributed by atoms with Crippen molar-refractivity contribution in [1.82, 2.24) is 9.97 Å². The van der Waals surface area contributed by atoms with Crippen LogP contribution in [-0.2, 0) is 4.74 Å². The molecule has 0 aliphatic carbocycles. The molecule has 1 N–H and O–H groups in total. The molecule has 0 aliphatic rings. The zero-order chi connectivity index (χ0) is 19.5. The van der Waals surface area contributed by atoms with Gasteiger partial charge >= 0.3 is 12.2 Å². The zero-order valence-electron chi connectivity index (χ0n) is 14.7. The molecule has 0 atom stereocenters. The van der Waals surface area contributed by atoms with E-state index in [1.807, 2.05) is 0 Å². The molecule has 138 valence electrons. The Hall–Kier alpha value is -3.23. The molecule has 0 saturated heterocycles. The van der Waals surface area contributed by atoms with Crippen LogP contribution in [0.1, 0.15) is 20.8 Å². The number of hydrogen-bond donors (Lipinski definition) is 1. The van der Waals surface area contributed by atoms with Crippen LogP contribution >= 0.6 is 0 Å². The van der Waals surface area contributed by atoms with Crippen LogP contribution in [0.3, 0.4) is 0 Å². The Bertz CT molecular complexity index is 835. The molecule has 26 heavy (non-hydrogen) atoms. The molecule has 2 aromatic rings. The minimum atomic E-state index is -1.56. The number of imide groups is 1. The van der Waals surface area contributed by atoms with Gasteiger partial charge in [0, 0.05) is 11.8 Å². The molecule has 0 aliphatic heterocycles. The van der Waals surface area contributed by atoms with E-state index in [2.05, 4.69) is 9.97 Å². The minimum Gasteiger partial charge on any atom is -0.479 e. The second-order valence-corrected chi connectivity index (χ2v) is 6.22. The van der Waals surface area contributed by atoms with Crippen molar-refractivity contribution in [2.45, 2.75) is 26.4 Å². The molecule has 2 heterocycles. The number of hydrogen-bond acceptors (Lipinski definition) is 6. The van der Waals surface area contributed by atoms with E-state index >= 15 is 0 Å². The maximum absolute atomic E-state index is 13.3. The van der Waals surface area contributed by atoms with Gasteiger partial charge in [-0.05, 0) is 39.0 Å². The summed E-state index contributed by atoms with van der Waals surface area (Å²) in [5.74, 6) is -0.687. The summed E-state index contributed by atoms with van der Waals surface area (Å²) in [6.07, 6.45) is -0.207. The molecule has 0 saturated carbocycles. The van der Waals surface area contributed by atoms with E-state index in [-0.39, 0.29) is 11.6 Å². The highest BCUT2D eigenvalue weighted by Gasteiger charge is 2.31. The van der Waals surface area contributed by atoms with Crippen LogP contribution in [-0.4, -0.2) is 40.0 Å². The normalized spacial score (nSPS) is 11.0. The van der Waals surface area contributed by atoms with Crippen molar-refractivity contribution < 1.29 is 28.6 Å². The monoisotopic (exact) mass is 363 g/mol. The van der Waals surface area contributed by atoms with Crippen molar-refractivity contribution in [2.75, 3.05) is 12.0 Å². The smallest absolute Gasteiger partial charge is 0.424 e. The summed E-state index contributed by atoms with van der Waals surface area (Å²) in [5.41, 5.74) is -0.345. The zero-order valence-corrected chi connectivity index (χ0v) is 14.7. The summed E-state index contributed by atoms with van der Waals surface area (Å²) in [4.78, 5) is 32.1. The van der Waals surface area contributed by atoms with Gasteiger partial charge in [-0.15, -0.1) is 0 Å². The van der Waals surface area contributed by atoms with Crippen LogP contribution in [0.2, 0.25) is 0 Å². The SMILES string of the molecule is COc1nc(-c2cncc(F)c2)ccc1N(C(=O)O)C(=O)OC(C)(C)C. The second kappa shape index (κ2) is 7.34. The summed E-state index contributed by atoms with van der Waals surface area (Å²) in [6.45, 7) is 4.83. The number of rotatable bonds is 3. The fourth-order valence-electron chi connectivity index (χ4n) is 2.05. The van der Waals surface area contributed by atoms with E-state index < -0.39 is 23.6 Å². The Morgan fingerprint density at radius 3 is 2.46 bits per heavy atom. The number of halogens is 1. The van der Waals surface area contributed by atoms with E-state index in [0.717, 1.165) is 6.20 Å². The van der Waals surface area contributed by atoms with Crippen LogP contribution in [0, 0.1) is 5.82 Å². The lowest BCUT2D eigenvalue weighted by atomic mass is 10.2. The summed E-state index contributed by atoms with van der Waals surface area (Å²) in [5, 5.41) is 9.42. The first-order chi connectivity index (χ1) is 12.1. The van der Waals surface area contributed by atoms with Crippen LogP contribution in [0.4, 0.5) is 19.7 Å². The summed E-state index contributed by atoms with van der Waals surface area (Å²) < 4.78 is 23.6. The lowest BCUT2D eigenvalue weighted by Crippen LogP contribution is -2.40. The third-order valence-electron chi connectivity index (χ3n) is 3.04. The summed E-state index contributed by atoms with van der Waals surface area (Å²) >= 11 is 0. The molecule has 0 aromatic carbocycles. The first-order valence-corrected chi connectivity index (χ1v) is 7.54. The third kappa shape index (κ3) is 4.44. The van der Waals surface area contributed by atoms with Gasteiger partial charge in [0.2, 0.25) is 5.88 Å². The number of carboxylic acid groups (broad SMARTS) is 1. The summed E-state index contributed by atoms with van der Waals surface area (Å²) in [6, 6.07) is 3.97. The van der Waals surface area contributed by atoms with Gasteiger partial charge in [-0.2, -0.15) is 4.90 Å². The van der Waals surface area contributed by atoms with Crippen LogP contribution in [0.15, 0.2) is 30.6 Å². The number of nitrogens with zero attached hydrogens (tertiary/aromatic N) is 3. The second-order valence-electron chi connectivity index (χ2n) is 6.22. The van der Waals surface area contributed by atoms with E-state index in [1.165, 1.54) is 31.5 Å². The first-order valence-electron chi connectivity index (χ1n) is 7.54. The van der Waals surface area contributed by atoms with Gasteiger partial charge in [0.1, 0.15) is 17.1 Å². The van der Waals surface area contributed by atoms with Crippen molar-refractivity contribution in [3.05, 3.63) is 36.4 Å². The Labute approximate surface area is 149 Å². The van der Waals surface area contributed by atoms with Crippen LogP contribution < -0.4 is 9.64 Å².